The summed E-state index contributed by atoms with van der Waals surface area (Å²) >= 11 is 0. The summed E-state index contributed by atoms with van der Waals surface area (Å²) in [6.45, 7) is 0.928. The fraction of sp³-hybridized carbons (Fsp3) is 0.346. The number of pyridine rings is 1. The van der Waals surface area contributed by atoms with Gasteiger partial charge in [0.1, 0.15) is 5.69 Å². The van der Waals surface area contributed by atoms with Gasteiger partial charge in [0.05, 0.1) is 28.0 Å². The van der Waals surface area contributed by atoms with Gasteiger partial charge in [-0.05, 0) is 68.7 Å². The van der Waals surface area contributed by atoms with Crippen LogP contribution >= 0.6 is 0 Å². The number of allylic oxidation sites excluding steroid dienone is 4. The summed E-state index contributed by atoms with van der Waals surface area (Å²) in [6, 6.07) is 3.46. The predicted molar refractivity (Wildman–Crippen MR) is 128 cm³/mol. The lowest BCUT2D eigenvalue weighted by atomic mass is 9.96. The number of carboxylic acid groups (broad SMARTS) is 1. The first-order chi connectivity index (χ1) is 16.1. The van der Waals surface area contributed by atoms with Gasteiger partial charge in [-0.2, -0.15) is 5.10 Å². The number of hydrogen-bond acceptors (Lipinski definition) is 4. The van der Waals surface area contributed by atoms with E-state index in [0.29, 0.717) is 17.0 Å². The average Bonchev–Trinajstić information content (AvgIpc) is 3.43. The molecule has 3 aromatic heterocycles. The van der Waals surface area contributed by atoms with Crippen LogP contribution in [0.2, 0.25) is 0 Å². The Hall–Kier alpha value is -3.61. The number of likely N-dealkylation sites (N-methyl/N-ethyl adjacent to an activating group) is 1. The van der Waals surface area contributed by atoms with Crippen LogP contribution in [0.15, 0.2) is 48.0 Å². The molecule has 0 bridgehead atoms. The molecule has 0 aliphatic heterocycles. The molecule has 7 nitrogen and oxygen atoms in total. The molecule has 168 valence electrons. The molecule has 3 aliphatic carbocycles. The first kappa shape index (κ1) is 20.0. The SMILES string of the molecule is CN(C1=CCCC=C1)C1=Cc2c(c(-c3cc4nccc(C(=O)O)c4[nH]3)nn2CC2CC2)CC1. The van der Waals surface area contributed by atoms with Crippen LogP contribution in [0.4, 0.5) is 0 Å². The van der Waals surface area contributed by atoms with Gasteiger partial charge >= 0.3 is 5.97 Å². The molecule has 7 heteroatoms. The predicted octanol–water partition coefficient (Wildman–Crippen LogP) is 4.99. The van der Waals surface area contributed by atoms with Crippen LogP contribution in [0.1, 0.15) is 53.7 Å². The standard InChI is InChI=1S/C26H27N5O2/c1-30(17-5-3-2-4-6-17)18-9-10-19-23(13-18)31(15-16-7-8-16)29-25(19)22-14-21-24(28-22)20(26(32)33)11-12-27-21/h3,5-6,11-14,16,28H,2,4,7-10,15H2,1H3,(H,32,33). The second kappa shape index (κ2) is 7.76. The molecule has 0 spiro atoms. The van der Waals surface area contributed by atoms with E-state index < -0.39 is 5.97 Å². The number of nitrogens with zero attached hydrogens (tertiary/aromatic N) is 4. The zero-order valence-electron chi connectivity index (χ0n) is 18.7. The molecule has 6 rings (SSSR count). The van der Waals surface area contributed by atoms with Crippen molar-refractivity contribution in [1.82, 2.24) is 24.6 Å². The van der Waals surface area contributed by atoms with Crippen molar-refractivity contribution in [2.45, 2.75) is 45.1 Å². The minimum Gasteiger partial charge on any atom is -0.478 e. The molecule has 0 saturated heterocycles. The first-order valence-corrected chi connectivity index (χ1v) is 11.7. The number of H-pyrrole nitrogens is 1. The second-order valence-corrected chi connectivity index (χ2v) is 9.25. The van der Waals surface area contributed by atoms with E-state index in [4.69, 9.17) is 5.10 Å². The highest BCUT2D eigenvalue weighted by Gasteiger charge is 2.29. The Morgan fingerprint density at radius 1 is 1.30 bits per heavy atom. The van der Waals surface area contributed by atoms with Crippen molar-refractivity contribution in [3.05, 3.63) is 64.8 Å². The molecular weight excluding hydrogens is 414 g/mol. The van der Waals surface area contributed by atoms with Gasteiger partial charge in [-0.3, -0.25) is 9.67 Å². The van der Waals surface area contributed by atoms with Crippen molar-refractivity contribution in [2.24, 2.45) is 5.92 Å². The maximum absolute atomic E-state index is 11.7. The zero-order chi connectivity index (χ0) is 22.5. The van der Waals surface area contributed by atoms with E-state index in [1.807, 2.05) is 6.07 Å². The van der Waals surface area contributed by atoms with E-state index in [9.17, 15) is 9.90 Å². The van der Waals surface area contributed by atoms with Crippen molar-refractivity contribution in [3.63, 3.8) is 0 Å². The normalized spacial score (nSPS) is 17.6. The molecule has 3 aliphatic rings. The summed E-state index contributed by atoms with van der Waals surface area (Å²) in [5.41, 5.74) is 8.14. The van der Waals surface area contributed by atoms with E-state index in [0.717, 1.165) is 43.6 Å². The van der Waals surface area contributed by atoms with Crippen LogP contribution in [-0.2, 0) is 13.0 Å². The lowest BCUT2D eigenvalue weighted by molar-refractivity contribution is 0.0698. The van der Waals surface area contributed by atoms with Gasteiger partial charge < -0.3 is 15.0 Å². The Bertz CT molecular complexity index is 1350. The lowest BCUT2D eigenvalue weighted by Gasteiger charge is -2.28. The third-order valence-electron chi connectivity index (χ3n) is 6.96. The lowest BCUT2D eigenvalue weighted by Crippen LogP contribution is -2.20. The summed E-state index contributed by atoms with van der Waals surface area (Å²) in [5, 5.41) is 14.6. The Morgan fingerprint density at radius 2 is 2.18 bits per heavy atom. The molecule has 3 aromatic rings. The number of aromatic carboxylic acids is 1. The van der Waals surface area contributed by atoms with Gasteiger partial charge in [-0.1, -0.05) is 12.2 Å². The number of rotatable bonds is 6. The molecule has 1 saturated carbocycles. The van der Waals surface area contributed by atoms with Gasteiger partial charge in [0.25, 0.3) is 0 Å². The number of carboxylic acids is 1. The van der Waals surface area contributed by atoms with Gasteiger partial charge in [-0.25, -0.2) is 4.79 Å². The monoisotopic (exact) mass is 441 g/mol. The summed E-state index contributed by atoms with van der Waals surface area (Å²) in [7, 11) is 2.15. The van der Waals surface area contributed by atoms with Crippen LogP contribution in [0.25, 0.3) is 28.5 Å². The molecule has 1 fully saturated rings. The molecule has 0 radical (unpaired) electrons. The highest BCUT2D eigenvalue weighted by atomic mass is 16.4. The number of carbonyl (C=O) groups is 1. The fourth-order valence-electron chi connectivity index (χ4n) is 4.91. The van der Waals surface area contributed by atoms with Gasteiger partial charge in [0.2, 0.25) is 0 Å². The number of aromatic nitrogens is 4. The maximum Gasteiger partial charge on any atom is 0.337 e. The Kier molecular flexibility index (Phi) is 4.71. The average molecular weight is 442 g/mol. The van der Waals surface area contributed by atoms with Crippen LogP contribution < -0.4 is 0 Å². The van der Waals surface area contributed by atoms with Crippen LogP contribution in [-0.4, -0.2) is 42.8 Å². The highest BCUT2D eigenvalue weighted by Crippen LogP contribution is 2.38. The van der Waals surface area contributed by atoms with Crippen molar-refractivity contribution in [1.29, 1.82) is 0 Å². The Balaban J connectivity index is 1.44. The summed E-state index contributed by atoms with van der Waals surface area (Å²) < 4.78 is 2.16. The molecular formula is C26H27N5O2. The number of nitrogens with one attached hydrogen (secondary N) is 1. The van der Waals surface area contributed by atoms with E-state index >= 15 is 0 Å². The van der Waals surface area contributed by atoms with Gasteiger partial charge in [-0.15, -0.1) is 0 Å². The van der Waals surface area contributed by atoms with Crippen LogP contribution in [0.5, 0.6) is 0 Å². The quantitative estimate of drug-likeness (QED) is 0.563. The summed E-state index contributed by atoms with van der Waals surface area (Å²) in [4.78, 5) is 21.7. The Morgan fingerprint density at radius 3 is 2.94 bits per heavy atom. The van der Waals surface area contributed by atoms with E-state index in [1.165, 1.54) is 41.6 Å². The number of fused-ring (bicyclic) bond motifs is 2. The number of hydrogen-bond donors (Lipinski definition) is 2. The Labute approximate surface area is 192 Å². The second-order valence-electron chi connectivity index (χ2n) is 9.25. The third-order valence-corrected chi connectivity index (χ3v) is 6.96. The van der Waals surface area contributed by atoms with Crippen LogP contribution in [0, 0.1) is 5.92 Å². The van der Waals surface area contributed by atoms with Gasteiger partial charge in [0.15, 0.2) is 0 Å². The first-order valence-electron chi connectivity index (χ1n) is 11.7. The smallest absolute Gasteiger partial charge is 0.337 e. The molecule has 33 heavy (non-hydrogen) atoms. The van der Waals surface area contributed by atoms with Crippen LogP contribution in [0.3, 0.4) is 0 Å². The van der Waals surface area contributed by atoms with E-state index in [1.54, 1.807) is 6.20 Å². The van der Waals surface area contributed by atoms with Crippen molar-refractivity contribution >= 4 is 23.1 Å². The molecule has 0 aromatic carbocycles. The molecule has 0 amide bonds. The topological polar surface area (TPSA) is 87.0 Å². The molecule has 0 unspecified atom stereocenters. The third kappa shape index (κ3) is 3.57. The minimum absolute atomic E-state index is 0.232. The highest BCUT2D eigenvalue weighted by molar-refractivity contribution is 6.02. The van der Waals surface area contributed by atoms with E-state index in [-0.39, 0.29) is 5.56 Å². The van der Waals surface area contributed by atoms with Crippen molar-refractivity contribution < 1.29 is 9.90 Å². The largest absolute Gasteiger partial charge is 0.478 e. The fourth-order valence-corrected chi connectivity index (χ4v) is 4.91. The minimum atomic E-state index is -0.959. The summed E-state index contributed by atoms with van der Waals surface area (Å²) in [5.74, 6) is -0.260. The maximum atomic E-state index is 11.7. The molecule has 3 heterocycles. The van der Waals surface area contributed by atoms with Crippen molar-refractivity contribution in [3.8, 4) is 11.4 Å². The van der Waals surface area contributed by atoms with Gasteiger partial charge in [0, 0.05) is 36.7 Å². The van der Waals surface area contributed by atoms with E-state index in [2.05, 4.69) is 50.9 Å². The molecule has 2 N–H and O–H groups in total. The van der Waals surface area contributed by atoms with Crippen molar-refractivity contribution in [2.75, 3.05) is 7.05 Å². The molecule has 0 atom stereocenters. The number of aromatic amines is 1. The summed E-state index contributed by atoms with van der Waals surface area (Å²) in [6.07, 6.45) is 17.2. The zero-order valence-corrected chi connectivity index (χ0v) is 18.7.